The van der Waals surface area contributed by atoms with Crippen molar-refractivity contribution >= 4 is 0 Å². The molecular weight excluding hydrogens is 272 g/mol. The highest BCUT2D eigenvalue weighted by molar-refractivity contribution is 4.66. The molecule has 0 bridgehead atoms. The van der Waals surface area contributed by atoms with Crippen LogP contribution in [0.25, 0.3) is 4.85 Å². The van der Waals surface area contributed by atoms with E-state index in [0.29, 0.717) is 65.8 Å². The fourth-order valence-corrected chi connectivity index (χ4v) is 1.43. The first-order valence-electron chi connectivity index (χ1n) is 7.43. The third-order valence-corrected chi connectivity index (χ3v) is 2.44. The maximum absolute atomic E-state index is 8.31. The average Bonchev–Trinajstić information content (AvgIpc) is 2.50. The third kappa shape index (κ3) is 18.8. The highest BCUT2D eigenvalue weighted by atomic mass is 16.5. The van der Waals surface area contributed by atoms with Gasteiger partial charge < -0.3 is 23.8 Å². The van der Waals surface area contributed by atoms with Crippen molar-refractivity contribution in [3.05, 3.63) is 11.4 Å². The van der Waals surface area contributed by atoms with Gasteiger partial charge in [-0.1, -0.05) is 0 Å². The normalized spacial score (nSPS) is 10.2. The maximum atomic E-state index is 8.31. The molecule has 0 heterocycles. The molecule has 6 heteroatoms. The van der Waals surface area contributed by atoms with Gasteiger partial charge >= 0.3 is 0 Å². The van der Waals surface area contributed by atoms with Crippen LogP contribution in [0.4, 0.5) is 0 Å². The van der Waals surface area contributed by atoms with Gasteiger partial charge in [-0.05, 0) is 19.3 Å². The van der Waals surface area contributed by atoms with Gasteiger partial charge in [0.15, 0.2) is 0 Å². The Kier molecular flexibility index (Phi) is 17.8. The number of hydrogen-bond acceptors (Lipinski definition) is 5. The summed E-state index contributed by atoms with van der Waals surface area (Å²) in [6.07, 6.45) is 3.05. The maximum Gasteiger partial charge on any atom is 0.237 e. The van der Waals surface area contributed by atoms with Crippen molar-refractivity contribution in [2.24, 2.45) is 0 Å². The lowest BCUT2D eigenvalue weighted by Gasteiger charge is -2.06. The lowest BCUT2D eigenvalue weighted by molar-refractivity contribution is 0.0558. The van der Waals surface area contributed by atoms with Gasteiger partial charge in [-0.15, -0.1) is 0 Å². The van der Waals surface area contributed by atoms with Crippen LogP contribution in [0.2, 0.25) is 0 Å². The number of nitrogens with zero attached hydrogens (tertiary/aromatic N) is 2. The van der Waals surface area contributed by atoms with E-state index in [0.717, 1.165) is 19.3 Å². The standard InChI is InChI=1S/C15H26N2O4/c1-17-7-15-21-14-5-13-20-12-4-11-19-10-3-9-18-8-2-6-16/h2-5,7-15H2. The molecule has 120 valence electrons. The predicted octanol–water partition coefficient (Wildman–Crippen LogP) is 2.06. The molecule has 0 rings (SSSR count). The smallest absolute Gasteiger partial charge is 0.237 e. The van der Waals surface area contributed by atoms with Gasteiger partial charge in [0.05, 0.1) is 19.1 Å². The SMILES string of the molecule is [C-]#[N+]CCOCCCOCCCOCCCOCCC#N. The Hall–Kier alpha value is -1.18. The van der Waals surface area contributed by atoms with Crippen LogP contribution in [0.15, 0.2) is 0 Å². The van der Waals surface area contributed by atoms with Gasteiger partial charge in [0.25, 0.3) is 0 Å². The lowest BCUT2D eigenvalue weighted by atomic mass is 10.4. The van der Waals surface area contributed by atoms with Crippen molar-refractivity contribution in [3.8, 4) is 6.07 Å². The van der Waals surface area contributed by atoms with Crippen LogP contribution in [-0.2, 0) is 18.9 Å². The van der Waals surface area contributed by atoms with E-state index in [1.54, 1.807) is 0 Å². The summed E-state index contributed by atoms with van der Waals surface area (Å²) in [5.74, 6) is 0. The molecular formula is C15H26N2O4. The van der Waals surface area contributed by atoms with Gasteiger partial charge in [0, 0.05) is 39.6 Å². The molecule has 0 aromatic heterocycles. The van der Waals surface area contributed by atoms with Gasteiger partial charge in [0.1, 0.15) is 6.61 Å². The first kappa shape index (κ1) is 19.8. The zero-order valence-electron chi connectivity index (χ0n) is 12.7. The summed E-state index contributed by atoms with van der Waals surface area (Å²) in [7, 11) is 0. The second kappa shape index (κ2) is 18.8. The van der Waals surface area contributed by atoms with Crippen molar-refractivity contribution in [1.29, 1.82) is 5.26 Å². The zero-order chi connectivity index (χ0) is 15.4. The summed E-state index contributed by atoms with van der Waals surface area (Å²) in [4.78, 5) is 3.20. The Labute approximate surface area is 127 Å². The van der Waals surface area contributed by atoms with Crippen LogP contribution in [-0.4, -0.2) is 59.4 Å². The van der Waals surface area contributed by atoms with Gasteiger partial charge in [-0.2, -0.15) is 5.26 Å². The summed E-state index contributed by atoms with van der Waals surface area (Å²) < 4.78 is 21.3. The minimum Gasteiger partial charge on any atom is -0.381 e. The van der Waals surface area contributed by atoms with Crippen molar-refractivity contribution in [2.75, 3.05) is 59.4 Å². The topological polar surface area (TPSA) is 65.1 Å². The fourth-order valence-electron chi connectivity index (χ4n) is 1.43. The molecule has 0 fully saturated rings. The van der Waals surface area contributed by atoms with E-state index < -0.39 is 0 Å². The second-order valence-electron chi connectivity index (χ2n) is 4.30. The van der Waals surface area contributed by atoms with E-state index in [1.165, 1.54) is 0 Å². The molecule has 0 saturated heterocycles. The quantitative estimate of drug-likeness (QED) is 0.322. The largest absolute Gasteiger partial charge is 0.381 e. The van der Waals surface area contributed by atoms with E-state index in [4.69, 9.17) is 30.8 Å². The fraction of sp³-hybridized carbons (Fsp3) is 0.867. The van der Waals surface area contributed by atoms with Crippen LogP contribution in [0, 0.1) is 17.9 Å². The summed E-state index contributed by atoms with van der Waals surface area (Å²) in [5.41, 5.74) is 0. The summed E-state index contributed by atoms with van der Waals surface area (Å²) in [6.45, 7) is 12.1. The Bertz CT molecular complexity index is 258. The molecule has 0 radical (unpaired) electrons. The molecule has 0 unspecified atom stereocenters. The van der Waals surface area contributed by atoms with E-state index in [2.05, 4.69) is 4.85 Å². The highest BCUT2D eigenvalue weighted by Gasteiger charge is 1.94. The van der Waals surface area contributed by atoms with Crippen LogP contribution in [0.1, 0.15) is 25.7 Å². The minimum atomic E-state index is 0.432. The third-order valence-electron chi connectivity index (χ3n) is 2.44. The molecule has 0 spiro atoms. The van der Waals surface area contributed by atoms with E-state index in [9.17, 15) is 0 Å². The molecule has 21 heavy (non-hydrogen) atoms. The lowest BCUT2D eigenvalue weighted by Crippen LogP contribution is -2.07. The molecule has 0 aromatic rings. The second-order valence-corrected chi connectivity index (χ2v) is 4.30. The molecule has 0 atom stereocenters. The van der Waals surface area contributed by atoms with Gasteiger partial charge in [-0.3, -0.25) is 0 Å². The van der Waals surface area contributed by atoms with Gasteiger partial charge in [0.2, 0.25) is 6.54 Å². The van der Waals surface area contributed by atoms with Crippen LogP contribution >= 0.6 is 0 Å². The molecule has 0 saturated carbocycles. The van der Waals surface area contributed by atoms with E-state index in [1.807, 2.05) is 6.07 Å². The Morgan fingerprint density at radius 2 is 1.14 bits per heavy atom. The van der Waals surface area contributed by atoms with Gasteiger partial charge in [-0.25, -0.2) is 6.57 Å². The van der Waals surface area contributed by atoms with Crippen molar-refractivity contribution in [3.63, 3.8) is 0 Å². The first-order valence-corrected chi connectivity index (χ1v) is 7.43. The number of ether oxygens (including phenoxy) is 4. The molecule has 6 nitrogen and oxygen atoms in total. The van der Waals surface area contributed by atoms with Crippen molar-refractivity contribution in [2.45, 2.75) is 25.7 Å². The molecule has 0 amide bonds. The highest BCUT2D eigenvalue weighted by Crippen LogP contribution is 1.91. The summed E-state index contributed by atoms with van der Waals surface area (Å²) in [6, 6.07) is 2.03. The average molecular weight is 298 g/mol. The van der Waals surface area contributed by atoms with Crippen molar-refractivity contribution < 1.29 is 18.9 Å². The minimum absolute atomic E-state index is 0.432. The van der Waals surface area contributed by atoms with Crippen LogP contribution < -0.4 is 0 Å². The molecule has 0 aliphatic carbocycles. The summed E-state index contributed by atoms with van der Waals surface area (Å²) >= 11 is 0. The predicted molar refractivity (Wildman–Crippen MR) is 78.8 cm³/mol. The molecule has 0 aromatic carbocycles. The number of hydrogen-bond donors (Lipinski definition) is 0. The number of nitriles is 1. The summed E-state index contributed by atoms with van der Waals surface area (Å²) in [5, 5.41) is 8.31. The Morgan fingerprint density at radius 3 is 1.57 bits per heavy atom. The Morgan fingerprint density at radius 1 is 0.714 bits per heavy atom. The first-order chi connectivity index (χ1) is 10.4. The number of rotatable bonds is 16. The van der Waals surface area contributed by atoms with E-state index in [-0.39, 0.29) is 0 Å². The van der Waals surface area contributed by atoms with Crippen LogP contribution in [0.5, 0.6) is 0 Å². The van der Waals surface area contributed by atoms with Crippen molar-refractivity contribution in [1.82, 2.24) is 0 Å². The van der Waals surface area contributed by atoms with E-state index >= 15 is 0 Å². The monoisotopic (exact) mass is 298 g/mol. The zero-order valence-corrected chi connectivity index (χ0v) is 12.7. The van der Waals surface area contributed by atoms with Crippen LogP contribution in [0.3, 0.4) is 0 Å². The molecule has 0 N–H and O–H groups in total. The Balaban J connectivity index is 2.94. The molecule has 0 aliphatic heterocycles. The molecule has 0 aliphatic rings.